The quantitative estimate of drug-likeness (QED) is 0.603. The average molecular weight is 285 g/mol. The first-order valence-electron chi connectivity index (χ1n) is 7.75. The number of carbonyl (C=O) groups is 2. The molecule has 1 atom stereocenters. The van der Waals surface area contributed by atoms with Crippen LogP contribution >= 0.6 is 0 Å². The molecule has 1 unspecified atom stereocenters. The second-order valence-electron chi connectivity index (χ2n) is 6.77. The fourth-order valence-corrected chi connectivity index (χ4v) is 2.20. The Kier molecular flexibility index (Phi) is 9.26. The smallest absolute Gasteiger partial charge is 0.308 e. The van der Waals surface area contributed by atoms with Gasteiger partial charge in [-0.15, -0.1) is 0 Å². The first kappa shape index (κ1) is 18.9. The van der Waals surface area contributed by atoms with E-state index in [-0.39, 0.29) is 17.9 Å². The molecule has 0 aromatic rings. The minimum atomic E-state index is -0.830. The zero-order valence-electron chi connectivity index (χ0n) is 13.5. The van der Waals surface area contributed by atoms with E-state index in [2.05, 4.69) is 12.2 Å². The molecule has 0 aromatic carbocycles. The van der Waals surface area contributed by atoms with Gasteiger partial charge < -0.3 is 10.4 Å². The molecule has 0 aliphatic carbocycles. The lowest BCUT2D eigenvalue weighted by Gasteiger charge is -2.23. The van der Waals surface area contributed by atoms with Crippen molar-refractivity contribution in [3.05, 3.63) is 0 Å². The minimum Gasteiger partial charge on any atom is -0.481 e. The third kappa shape index (κ3) is 10.8. The molecule has 118 valence electrons. The lowest BCUT2D eigenvalue weighted by Crippen LogP contribution is -2.34. The second kappa shape index (κ2) is 9.78. The van der Waals surface area contributed by atoms with E-state index in [0.29, 0.717) is 12.8 Å². The maximum absolute atomic E-state index is 11.7. The van der Waals surface area contributed by atoms with Gasteiger partial charge in [0, 0.05) is 13.0 Å². The van der Waals surface area contributed by atoms with Crippen molar-refractivity contribution in [2.45, 2.75) is 72.6 Å². The Balaban J connectivity index is 3.91. The first-order chi connectivity index (χ1) is 9.26. The molecular formula is C16H31NO3. The van der Waals surface area contributed by atoms with Crippen LogP contribution in [-0.4, -0.2) is 23.5 Å². The van der Waals surface area contributed by atoms with Crippen LogP contribution in [0.15, 0.2) is 0 Å². The Labute approximate surface area is 123 Å². The van der Waals surface area contributed by atoms with Gasteiger partial charge in [-0.05, 0) is 18.3 Å². The second-order valence-corrected chi connectivity index (χ2v) is 6.77. The van der Waals surface area contributed by atoms with Crippen molar-refractivity contribution in [2.24, 2.45) is 11.3 Å². The van der Waals surface area contributed by atoms with Crippen molar-refractivity contribution >= 4 is 11.9 Å². The first-order valence-corrected chi connectivity index (χ1v) is 7.75. The number of amides is 1. The molecule has 2 N–H and O–H groups in total. The normalized spacial score (nSPS) is 13.0. The number of nitrogens with one attached hydrogen (secondary N) is 1. The van der Waals surface area contributed by atoms with Crippen LogP contribution in [0.5, 0.6) is 0 Å². The van der Waals surface area contributed by atoms with Crippen molar-refractivity contribution in [2.75, 3.05) is 6.54 Å². The van der Waals surface area contributed by atoms with Crippen LogP contribution in [-0.2, 0) is 9.59 Å². The van der Waals surface area contributed by atoms with E-state index in [0.717, 1.165) is 12.8 Å². The maximum Gasteiger partial charge on any atom is 0.308 e. The van der Waals surface area contributed by atoms with Crippen molar-refractivity contribution in [3.63, 3.8) is 0 Å². The summed E-state index contributed by atoms with van der Waals surface area (Å²) in [5, 5.41) is 11.9. The van der Waals surface area contributed by atoms with Gasteiger partial charge in [-0.2, -0.15) is 0 Å². The molecule has 0 bridgehead atoms. The van der Waals surface area contributed by atoms with Gasteiger partial charge in [-0.3, -0.25) is 9.59 Å². The summed E-state index contributed by atoms with van der Waals surface area (Å²) in [5.74, 6) is -1.36. The van der Waals surface area contributed by atoms with E-state index in [1.165, 1.54) is 19.3 Å². The van der Waals surface area contributed by atoms with E-state index < -0.39 is 11.9 Å². The van der Waals surface area contributed by atoms with E-state index in [4.69, 9.17) is 0 Å². The number of carboxylic acids is 1. The molecule has 0 spiro atoms. The van der Waals surface area contributed by atoms with Gasteiger partial charge in [0.1, 0.15) is 0 Å². The molecule has 0 radical (unpaired) electrons. The van der Waals surface area contributed by atoms with E-state index in [1.807, 2.05) is 20.8 Å². The third-order valence-electron chi connectivity index (χ3n) is 3.26. The highest BCUT2D eigenvalue weighted by atomic mass is 16.4. The molecule has 1 amide bonds. The van der Waals surface area contributed by atoms with Gasteiger partial charge in [0.25, 0.3) is 0 Å². The highest BCUT2D eigenvalue weighted by Gasteiger charge is 2.24. The predicted molar refractivity (Wildman–Crippen MR) is 81.6 cm³/mol. The Morgan fingerprint density at radius 2 is 1.70 bits per heavy atom. The monoisotopic (exact) mass is 285 g/mol. The Morgan fingerprint density at radius 1 is 1.10 bits per heavy atom. The van der Waals surface area contributed by atoms with Gasteiger partial charge in [-0.1, -0.05) is 53.4 Å². The maximum atomic E-state index is 11.7. The number of aliphatic carboxylic acids is 1. The minimum absolute atomic E-state index is 0.0262. The Morgan fingerprint density at radius 3 is 2.20 bits per heavy atom. The van der Waals surface area contributed by atoms with Crippen molar-refractivity contribution in [1.29, 1.82) is 0 Å². The topological polar surface area (TPSA) is 66.4 Å². The summed E-state index contributed by atoms with van der Waals surface area (Å²) < 4.78 is 0. The lowest BCUT2D eigenvalue weighted by molar-refractivity contribution is -0.142. The van der Waals surface area contributed by atoms with Crippen LogP contribution in [0, 0.1) is 11.3 Å². The van der Waals surface area contributed by atoms with Crippen LogP contribution in [0.3, 0.4) is 0 Å². The molecule has 4 nitrogen and oxygen atoms in total. The average Bonchev–Trinajstić information content (AvgIpc) is 2.32. The summed E-state index contributed by atoms with van der Waals surface area (Å²) in [6, 6.07) is 0. The van der Waals surface area contributed by atoms with Crippen LogP contribution in [0.25, 0.3) is 0 Å². The van der Waals surface area contributed by atoms with E-state index >= 15 is 0 Å². The number of unbranched alkanes of at least 4 members (excludes halogenated alkanes) is 4. The van der Waals surface area contributed by atoms with Crippen LogP contribution in [0.2, 0.25) is 0 Å². The molecule has 0 saturated carbocycles. The molecule has 0 aliphatic rings. The van der Waals surface area contributed by atoms with Crippen molar-refractivity contribution < 1.29 is 14.7 Å². The van der Waals surface area contributed by atoms with Gasteiger partial charge >= 0.3 is 5.97 Å². The van der Waals surface area contributed by atoms with Crippen LogP contribution < -0.4 is 5.32 Å². The van der Waals surface area contributed by atoms with E-state index in [1.54, 1.807) is 0 Å². The molecular weight excluding hydrogens is 254 g/mol. The molecule has 0 heterocycles. The summed E-state index contributed by atoms with van der Waals surface area (Å²) in [4.78, 5) is 22.8. The number of carboxylic acid groups (broad SMARTS) is 1. The Hall–Kier alpha value is -1.06. The SMILES string of the molecule is CCCCCCCC(=O)NCC(CC(C)(C)C)C(=O)O. The molecule has 0 fully saturated rings. The highest BCUT2D eigenvalue weighted by Crippen LogP contribution is 2.24. The highest BCUT2D eigenvalue weighted by molar-refractivity contribution is 5.77. The molecule has 0 aromatic heterocycles. The Bertz CT molecular complexity index is 295. The molecule has 20 heavy (non-hydrogen) atoms. The lowest BCUT2D eigenvalue weighted by atomic mass is 9.84. The van der Waals surface area contributed by atoms with Crippen LogP contribution in [0.4, 0.5) is 0 Å². The van der Waals surface area contributed by atoms with Crippen molar-refractivity contribution in [1.82, 2.24) is 5.32 Å². The largest absolute Gasteiger partial charge is 0.481 e. The van der Waals surface area contributed by atoms with Gasteiger partial charge in [0.15, 0.2) is 0 Å². The number of carbonyl (C=O) groups excluding carboxylic acids is 1. The molecule has 0 rings (SSSR count). The number of rotatable bonds is 10. The van der Waals surface area contributed by atoms with E-state index in [9.17, 15) is 14.7 Å². The molecule has 0 aliphatic heterocycles. The van der Waals surface area contributed by atoms with Gasteiger partial charge in [0.05, 0.1) is 5.92 Å². The van der Waals surface area contributed by atoms with Crippen LogP contribution in [0.1, 0.15) is 72.6 Å². The van der Waals surface area contributed by atoms with Crippen molar-refractivity contribution in [3.8, 4) is 0 Å². The summed E-state index contributed by atoms with van der Waals surface area (Å²) in [7, 11) is 0. The van der Waals surface area contributed by atoms with Gasteiger partial charge in [-0.25, -0.2) is 0 Å². The zero-order chi connectivity index (χ0) is 15.6. The number of hydrogen-bond acceptors (Lipinski definition) is 2. The summed E-state index contributed by atoms with van der Waals surface area (Å²) in [6.45, 7) is 8.43. The van der Waals surface area contributed by atoms with Gasteiger partial charge in [0.2, 0.25) is 5.91 Å². The zero-order valence-corrected chi connectivity index (χ0v) is 13.5. The molecule has 4 heteroatoms. The summed E-state index contributed by atoms with van der Waals surface area (Å²) in [6.07, 6.45) is 6.62. The fourth-order valence-electron chi connectivity index (χ4n) is 2.20. The summed E-state index contributed by atoms with van der Waals surface area (Å²) in [5.41, 5.74) is -0.0477. The predicted octanol–water partition coefficient (Wildman–Crippen LogP) is 3.60. The number of hydrogen-bond donors (Lipinski definition) is 2. The standard InChI is InChI=1S/C16H31NO3/c1-5-6-7-8-9-10-14(18)17-12-13(15(19)20)11-16(2,3)4/h13H,5-12H2,1-4H3,(H,17,18)(H,19,20). The third-order valence-corrected chi connectivity index (χ3v) is 3.26. The molecule has 0 saturated heterocycles. The summed E-state index contributed by atoms with van der Waals surface area (Å²) >= 11 is 0. The fraction of sp³-hybridized carbons (Fsp3) is 0.875.